The zero-order chi connectivity index (χ0) is 25.3. The number of esters is 1. The minimum absolute atomic E-state index is 0.0321. The Morgan fingerprint density at radius 2 is 1.54 bits per heavy atom. The minimum Gasteiger partial charge on any atom is -0.461 e. The van der Waals surface area contributed by atoms with Gasteiger partial charge in [-0.2, -0.15) is 0 Å². The van der Waals surface area contributed by atoms with E-state index in [1.165, 1.54) is 12.1 Å². The first-order valence-corrected chi connectivity index (χ1v) is 12.4. The molecule has 0 radical (unpaired) electrons. The highest BCUT2D eigenvalue weighted by molar-refractivity contribution is 5.77. The lowest BCUT2D eigenvalue weighted by Crippen LogP contribution is -2.43. The zero-order valence-corrected chi connectivity index (χ0v) is 21.0. The number of amides is 1. The van der Waals surface area contributed by atoms with Crippen molar-refractivity contribution in [2.45, 2.75) is 64.2 Å². The molecule has 1 N–H and O–H groups in total. The number of halogens is 1. The van der Waals surface area contributed by atoms with Crippen LogP contribution in [0.5, 0.6) is 0 Å². The second-order valence-corrected chi connectivity index (χ2v) is 9.07. The number of carbonyl (C=O) groups excluding carboxylic acids is 2. The van der Waals surface area contributed by atoms with E-state index in [0.29, 0.717) is 26.2 Å². The molecular weight excluding hydrogens is 447 g/mol. The maximum Gasteiger partial charge on any atom is 0.308 e. The van der Waals surface area contributed by atoms with E-state index in [1.807, 2.05) is 49.3 Å². The van der Waals surface area contributed by atoms with Crippen LogP contribution >= 0.6 is 0 Å². The summed E-state index contributed by atoms with van der Waals surface area (Å²) < 4.78 is 23.9. The molecule has 1 atom stereocenters. The van der Waals surface area contributed by atoms with Crippen molar-refractivity contribution < 1.29 is 23.5 Å². The molecule has 2 rings (SSSR count). The van der Waals surface area contributed by atoms with Crippen molar-refractivity contribution in [3.05, 3.63) is 71.5 Å². The van der Waals surface area contributed by atoms with Crippen LogP contribution in [0.25, 0.3) is 0 Å². The first-order valence-electron chi connectivity index (χ1n) is 12.4. The SMILES string of the molecule is CN(C)CC(CC(=O)OCc1ccccc1)NC(=O)CCCCCCCOCc1ccc(F)cc1. The third-order valence-corrected chi connectivity index (χ3v) is 5.48. The Labute approximate surface area is 208 Å². The summed E-state index contributed by atoms with van der Waals surface area (Å²) in [6.07, 6.45) is 5.43. The molecule has 6 nitrogen and oxygen atoms in total. The van der Waals surface area contributed by atoms with Crippen LogP contribution in [-0.4, -0.2) is 50.1 Å². The van der Waals surface area contributed by atoms with Crippen molar-refractivity contribution in [1.29, 1.82) is 0 Å². The maximum atomic E-state index is 12.9. The van der Waals surface area contributed by atoms with E-state index in [2.05, 4.69) is 5.32 Å². The van der Waals surface area contributed by atoms with E-state index >= 15 is 0 Å². The Kier molecular flexibility index (Phi) is 13.7. The monoisotopic (exact) mass is 486 g/mol. The Morgan fingerprint density at radius 3 is 2.26 bits per heavy atom. The molecule has 35 heavy (non-hydrogen) atoms. The van der Waals surface area contributed by atoms with Crippen molar-refractivity contribution in [1.82, 2.24) is 10.2 Å². The van der Waals surface area contributed by atoms with Gasteiger partial charge in [-0.1, -0.05) is 61.7 Å². The molecule has 7 heteroatoms. The molecule has 0 aliphatic rings. The molecule has 0 aromatic heterocycles. The summed E-state index contributed by atoms with van der Waals surface area (Å²) in [5, 5.41) is 2.99. The number of ether oxygens (including phenoxy) is 2. The lowest BCUT2D eigenvalue weighted by atomic mass is 10.1. The highest BCUT2D eigenvalue weighted by Crippen LogP contribution is 2.09. The van der Waals surface area contributed by atoms with Crippen LogP contribution in [0.3, 0.4) is 0 Å². The summed E-state index contributed by atoms with van der Waals surface area (Å²) in [6.45, 7) is 1.97. The Hall–Kier alpha value is -2.77. The summed E-state index contributed by atoms with van der Waals surface area (Å²) in [7, 11) is 3.83. The van der Waals surface area contributed by atoms with E-state index < -0.39 is 0 Å². The molecule has 192 valence electrons. The number of hydrogen-bond acceptors (Lipinski definition) is 5. The van der Waals surface area contributed by atoms with Crippen LogP contribution in [0.1, 0.15) is 56.1 Å². The highest BCUT2D eigenvalue weighted by atomic mass is 19.1. The number of hydrogen-bond donors (Lipinski definition) is 1. The van der Waals surface area contributed by atoms with Gasteiger partial charge in [-0.05, 0) is 50.2 Å². The first-order chi connectivity index (χ1) is 16.9. The van der Waals surface area contributed by atoms with Gasteiger partial charge in [0, 0.05) is 19.6 Å². The van der Waals surface area contributed by atoms with Crippen LogP contribution in [0.4, 0.5) is 4.39 Å². The topological polar surface area (TPSA) is 67.9 Å². The van der Waals surface area contributed by atoms with E-state index in [0.717, 1.165) is 43.2 Å². The number of nitrogens with one attached hydrogen (secondary N) is 1. The zero-order valence-electron chi connectivity index (χ0n) is 21.0. The summed E-state index contributed by atoms with van der Waals surface area (Å²) in [6, 6.07) is 15.6. The van der Waals surface area contributed by atoms with Gasteiger partial charge in [0.1, 0.15) is 12.4 Å². The Bertz CT molecular complexity index is 859. The molecule has 1 amide bonds. The van der Waals surface area contributed by atoms with Crippen molar-refractivity contribution in [2.24, 2.45) is 0 Å². The summed E-state index contributed by atoms with van der Waals surface area (Å²) in [5.74, 6) is -0.588. The lowest BCUT2D eigenvalue weighted by Gasteiger charge is -2.22. The number of carbonyl (C=O) groups is 2. The number of likely N-dealkylation sites (N-methyl/N-ethyl adjacent to an activating group) is 1. The number of nitrogens with zero attached hydrogens (tertiary/aromatic N) is 1. The molecule has 0 heterocycles. The average molecular weight is 487 g/mol. The number of rotatable bonds is 17. The van der Waals surface area contributed by atoms with Gasteiger partial charge >= 0.3 is 5.97 Å². The second kappa shape index (κ2) is 16.8. The fourth-order valence-electron chi connectivity index (χ4n) is 3.69. The van der Waals surface area contributed by atoms with Crippen molar-refractivity contribution in [3.63, 3.8) is 0 Å². The predicted octanol–water partition coefficient (Wildman–Crippen LogP) is 4.86. The molecular formula is C28H39FN2O4. The van der Waals surface area contributed by atoms with Crippen LogP contribution in [0, 0.1) is 5.82 Å². The van der Waals surface area contributed by atoms with Gasteiger partial charge in [-0.3, -0.25) is 9.59 Å². The largest absolute Gasteiger partial charge is 0.461 e. The van der Waals surface area contributed by atoms with Crippen LogP contribution in [-0.2, 0) is 32.3 Å². The maximum absolute atomic E-state index is 12.9. The third kappa shape index (κ3) is 13.6. The van der Waals surface area contributed by atoms with Gasteiger partial charge in [0.15, 0.2) is 0 Å². The van der Waals surface area contributed by atoms with Gasteiger partial charge < -0.3 is 19.7 Å². The summed E-state index contributed by atoms with van der Waals surface area (Å²) in [4.78, 5) is 26.6. The van der Waals surface area contributed by atoms with Gasteiger partial charge in [0.05, 0.1) is 19.1 Å². The van der Waals surface area contributed by atoms with Crippen LogP contribution < -0.4 is 5.32 Å². The Balaban J connectivity index is 1.54. The molecule has 0 bridgehead atoms. The average Bonchev–Trinajstić information content (AvgIpc) is 2.83. The number of benzene rings is 2. The normalized spacial score (nSPS) is 11.9. The fraction of sp³-hybridized carbons (Fsp3) is 0.500. The van der Waals surface area contributed by atoms with Crippen molar-refractivity contribution >= 4 is 11.9 Å². The molecule has 2 aromatic rings. The first kappa shape index (κ1) is 28.5. The molecule has 0 aliphatic carbocycles. The molecule has 0 fully saturated rings. The van der Waals surface area contributed by atoms with E-state index in [1.54, 1.807) is 12.1 Å². The predicted molar refractivity (Wildman–Crippen MR) is 135 cm³/mol. The van der Waals surface area contributed by atoms with E-state index in [4.69, 9.17) is 9.47 Å². The van der Waals surface area contributed by atoms with Crippen LogP contribution in [0.2, 0.25) is 0 Å². The minimum atomic E-state index is -0.317. The van der Waals surface area contributed by atoms with E-state index in [-0.39, 0.29) is 36.8 Å². The lowest BCUT2D eigenvalue weighted by molar-refractivity contribution is -0.145. The molecule has 0 saturated heterocycles. The van der Waals surface area contributed by atoms with Crippen molar-refractivity contribution in [3.8, 4) is 0 Å². The number of unbranched alkanes of at least 4 members (excludes halogenated alkanes) is 4. The molecule has 0 aliphatic heterocycles. The van der Waals surface area contributed by atoms with Gasteiger partial charge in [0.2, 0.25) is 5.91 Å². The third-order valence-electron chi connectivity index (χ3n) is 5.48. The fourth-order valence-corrected chi connectivity index (χ4v) is 3.69. The van der Waals surface area contributed by atoms with Crippen LogP contribution in [0.15, 0.2) is 54.6 Å². The second-order valence-electron chi connectivity index (χ2n) is 9.07. The Morgan fingerprint density at radius 1 is 0.886 bits per heavy atom. The molecule has 0 spiro atoms. The molecule has 0 saturated carbocycles. The quantitative estimate of drug-likeness (QED) is 0.255. The standard InChI is InChI=1S/C28H39FN2O4/c1-31(2)20-26(19-28(33)35-22-23-11-7-6-8-12-23)30-27(32)13-9-4-3-5-10-18-34-21-24-14-16-25(29)17-15-24/h6-8,11-12,14-17,26H,3-5,9-10,13,18-22H2,1-2H3,(H,30,32). The molecule has 1 unspecified atom stereocenters. The summed E-state index contributed by atoms with van der Waals surface area (Å²) in [5.41, 5.74) is 1.91. The van der Waals surface area contributed by atoms with E-state index in [9.17, 15) is 14.0 Å². The van der Waals surface area contributed by atoms with Gasteiger partial charge in [0.25, 0.3) is 0 Å². The summed E-state index contributed by atoms with van der Waals surface area (Å²) >= 11 is 0. The van der Waals surface area contributed by atoms with Gasteiger partial charge in [-0.15, -0.1) is 0 Å². The van der Waals surface area contributed by atoms with Crippen molar-refractivity contribution in [2.75, 3.05) is 27.2 Å². The smallest absolute Gasteiger partial charge is 0.308 e. The molecule has 2 aromatic carbocycles. The highest BCUT2D eigenvalue weighted by Gasteiger charge is 2.18. The van der Waals surface area contributed by atoms with Gasteiger partial charge in [-0.25, -0.2) is 4.39 Å².